The molecule has 0 saturated carbocycles. The fourth-order valence-electron chi connectivity index (χ4n) is 5.34. The lowest BCUT2D eigenvalue weighted by Crippen LogP contribution is -2.36. The van der Waals surface area contributed by atoms with Crippen molar-refractivity contribution in [3.63, 3.8) is 0 Å². The predicted molar refractivity (Wildman–Crippen MR) is 139 cm³/mol. The largest absolute Gasteiger partial charge is 0.338 e. The van der Waals surface area contributed by atoms with Gasteiger partial charge in [-0.15, -0.1) is 0 Å². The summed E-state index contributed by atoms with van der Waals surface area (Å²) in [6.45, 7) is 5.80. The number of amides is 1. The van der Waals surface area contributed by atoms with Crippen molar-refractivity contribution in [3.05, 3.63) is 70.0 Å². The first-order valence-corrected chi connectivity index (χ1v) is 13.4. The lowest BCUT2D eigenvalue weighted by molar-refractivity contribution is -0.125. The lowest BCUT2D eigenvalue weighted by Gasteiger charge is -2.25. The first kappa shape index (κ1) is 22.7. The third kappa shape index (κ3) is 3.92. The van der Waals surface area contributed by atoms with Gasteiger partial charge in [-0.3, -0.25) is 4.79 Å². The maximum atomic E-state index is 13.0. The van der Waals surface area contributed by atoms with Gasteiger partial charge in [0.15, 0.2) is 0 Å². The van der Waals surface area contributed by atoms with Gasteiger partial charge in [0.05, 0.1) is 17.3 Å². The van der Waals surface area contributed by atoms with E-state index in [0.717, 1.165) is 78.3 Å². The highest BCUT2D eigenvalue weighted by atomic mass is 32.2. The van der Waals surface area contributed by atoms with Crippen LogP contribution in [0.3, 0.4) is 0 Å². The van der Waals surface area contributed by atoms with Crippen LogP contribution in [-0.4, -0.2) is 45.0 Å². The number of nitrogens with zero attached hydrogens (tertiary/aromatic N) is 4. The molecule has 1 aliphatic carbocycles. The number of fused-ring (bicyclic) bond motifs is 2. The predicted octanol–water partition coefficient (Wildman–Crippen LogP) is 5.16. The van der Waals surface area contributed by atoms with Gasteiger partial charge < -0.3 is 9.47 Å². The quantitative estimate of drug-likeness (QED) is 0.484. The number of pyridine rings is 1. The van der Waals surface area contributed by atoms with Crippen LogP contribution >= 0.6 is 11.8 Å². The zero-order valence-corrected chi connectivity index (χ0v) is 20.7. The molecule has 0 radical (unpaired) electrons. The van der Waals surface area contributed by atoms with Crippen molar-refractivity contribution >= 4 is 34.8 Å². The fourth-order valence-corrected chi connectivity index (χ4v) is 6.25. The monoisotopic (exact) mass is 470 g/mol. The minimum Gasteiger partial charge on any atom is -0.338 e. The van der Waals surface area contributed by atoms with Crippen molar-refractivity contribution in [3.8, 4) is 6.07 Å². The molecule has 2 aromatic heterocycles. The molecule has 5 rings (SSSR count). The molecule has 0 N–H and O–H groups in total. The van der Waals surface area contributed by atoms with Gasteiger partial charge in [0.25, 0.3) is 0 Å². The zero-order chi connectivity index (χ0) is 23.7. The third-order valence-electron chi connectivity index (χ3n) is 7.10. The van der Waals surface area contributed by atoms with E-state index in [9.17, 15) is 10.1 Å². The van der Waals surface area contributed by atoms with Crippen LogP contribution in [0, 0.1) is 11.3 Å². The molecule has 3 aromatic rings. The van der Waals surface area contributed by atoms with Gasteiger partial charge in [0.2, 0.25) is 5.91 Å². The lowest BCUT2D eigenvalue weighted by atomic mass is 10.0. The Kier molecular flexibility index (Phi) is 6.47. The minimum absolute atomic E-state index is 0.0192. The number of thioether (sulfide) groups is 1. The second kappa shape index (κ2) is 9.68. The normalized spacial score (nSPS) is 17.9. The van der Waals surface area contributed by atoms with Crippen LogP contribution < -0.4 is 0 Å². The maximum Gasteiger partial charge on any atom is 0.246 e. The topological polar surface area (TPSA) is 61.9 Å². The molecule has 1 saturated heterocycles. The highest BCUT2D eigenvalue weighted by Crippen LogP contribution is 2.40. The fraction of sp³-hybridized carbons (Fsp3) is 0.393. The third-order valence-corrected chi connectivity index (χ3v) is 8.05. The summed E-state index contributed by atoms with van der Waals surface area (Å²) in [6.07, 6.45) is 7.17. The van der Waals surface area contributed by atoms with Gasteiger partial charge >= 0.3 is 0 Å². The van der Waals surface area contributed by atoms with Gasteiger partial charge in [-0.1, -0.05) is 38.1 Å². The number of benzene rings is 1. The summed E-state index contributed by atoms with van der Waals surface area (Å²) in [5, 5.41) is 11.2. The number of hydrogen-bond donors (Lipinski definition) is 0. The number of aryl methyl sites for hydroxylation is 3. The average molecular weight is 471 g/mol. The molecule has 1 aromatic carbocycles. The summed E-state index contributed by atoms with van der Waals surface area (Å²) in [5.74, 6) is 1.97. The number of carbonyl (C=O) groups excluding carboxylic acids is 1. The second-order valence-corrected chi connectivity index (χ2v) is 10.2. The van der Waals surface area contributed by atoms with E-state index >= 15 is 0 Å². The summed E-state index contributed by atoms with van der Waals surface area (Å²) >= 11 is 1.89. The Bertz CT molecular complexity index is 1310. The molecule has 3 heterocycles. The van der Waals surface area contributed by atoms with Crippen molar-refractivity contribution in [1.29, 1.82) is 5.26 Å². The summed E-state index contributed by atoms with van der Waals surface area (Å²) < 4.78 is 2.24. The van der Waals surface area contributed by atoms with Crippen LogP contribution in [0.4, 0.5) is 0 Å². The maximum absolute atomic E-state index is 13.0. The van der Waals surface area contributed by atoms with E-state index in [4.69, 9.17) is 4.98 Å². The highest BCUT2D eigenvalue weighted by molar-refractivity contribution is 7.99. The Morgan fingerprint density at radius 3 is 2.76 bits per heavy atom. The molecule has 34 heavy (non-hydrogen) atoms. The molecule has 174 valence electrons. The summed E-state index contributed by atoms with van der Waals surface area (Å²) in [7, 11) is 0. The molecule has 0 spiro atoms. The number of nitriles is 1. The van der Waals surface area contributed by atoms with Gasteiger partial charge in [-0.25, -0.2) is 4.98 Å². The molecular weight excluding hydrogens is 440 g/mol. The minimum atomic E-state index is 0.0192. The standard InChI is InChI=1S/C28H30N4OS/c1-3-19-17-21(4-2)30-28-27(19)23(18-29)25(11-12-26(33)31-13-15-34-16-14-31)32(28)24-10-9-20-7-5-6-8-22(20)24/h5-8,11-12,17,24H,3-4,9-10,13-16H2,1-2H3/b12-11+. The Balaban J connectivity index is 1.72. The molecule has 1 amide bonds. The molecule has 5 nitrogen and oxygen atoms in total. The number of rotatable bonds is 5. The molecule has 1 aliphatic heterocycles. The SMILES string of the molecule is CCc1cc(CC)c2c(C#N)c(/C=C/C(=O)N3CCSCC3)n(C3CCc4ccccc43)c2n1. The van der Waals surface area contributed by atoms with Crippen LogP contribution in [0.5, 0.6) is 0 Å². The highest BCUT2D eigenvalue weighted by Gasteiger charge is 2.30. The molecule has 1 unspecified atom stereocenters. The van der Waals surface area contributed by atoms with Crippen LogP contribution in [0.25, 0.3) is 17.1 Å². The first-order chi connectivity index (χ1) is 16.7. The molecular formula is C28H30N4OS. The van der Waals surface area contributed by atoms with Crippen LogP contribution in [0.1, 0.15) is 60.0 Å². The van der Waals surface area contributed by atoms with E-state index in [1.54, 1.807) is 6.08 Å². The van der Waals surface area contributed by atoms with Crippen molar-refractivity contribution in [1.82, 2.24) is 14.5 Å². The second-order valence-electron chi connectivity index (χ2n) is 8.94. The van der Waals surface area contributed by atoms with E-state index in [2.05, 4.69) is 54.8 Å². The molecule has 1 fully saturated rings. The first-order valence-electron chi connectivity index (χ1n) is 12.3. The molecule has 1 atom stereocenters. The summed E-state index contributed by atoms with van der Waals surface area (Å²) in [6, 6.07) is 13.3. The molecule has 0 bridgehead atoms. The Hall–Kier alpha value is -3.04. The van der Waals surface area contributed by atoms with Crippen LogP contribution in [0.15, 0.2) is 36.4 Å². The van der Waals surface area contributed by atoms with Crippen molar-refractivity contribution in [2.45, 2.75) is 45.6 Å². The summed E-state index contributed by atoms with van der Waals surface area (Å²) in [4.78, 5) is 19.9. The average Bonchev–Trinajstić information content (AvgIpc) is 3.45. The van der Waals surface area contributed by atoms with Crippen molar-refractivity contribution in [2.24, 2.45) is 0 Å². The van der Waals surface area contributed by atoms with E-state index in [1.165, 1.54) is 11.1 Å². The van der Waals surface area contributed by atoms with Crippen molar-refractivity contribution in [2.75, 3.05) is 24.6 Å². The van der Waals surface area contributed by atoms with E-state index in [1.807, 2.05) is 22.7 Å². The van der Waals surface area contributed by atoms with Gasteiger partial charge in [-0.2, -0.15) is 17.0 Å². The smallest absolute Gasteiger partial charge is 0.246 e. The van der Waals surface area contributed by atoms with E-state index < -0.39 is 0 Å². The Labute approximate surface area is 205 Å². The van der Waals surface area contributed by atoms with Gasteiger partial charge in [0, 0.05) is 41.8 Å². The van der Waals surface area contributed by atoms with Crippen molar-refractivity contribution < 1.29 is 4.79 Å². The molecule has 6 heteroatoms. The Morgan fingerprint density at radius 2 is 2.03 bits per heavy atom. The Morgan fingerprint density at radius 1 is 1.24 bits per heavy atom. The number of aromatic nitrogens is 2. The summed E-state index contributed by atoms with van der Waals surface area (Å²) in [5.41, 5.74) is 7.13. The zero-order valence-electron chi connectivity index (χ0n) is 19.9. The number of carbonyl (C=O) groups is 1. The number of hydrogen-bond acceptors (Lipinski definition) is 4. The molecule has 2 aliphatic rings. The van der Waals surface area contributed by atoms with Gasteiger partial charge in [0.1, 0.15) is 11.7 Å². The van der Waals surface area contributed by atoms with Crippen LogP contribution in [0.2, 0.25) is 0 Å². The van der Waals surface area contributed by atoms with E-state index in [-0.39, 0.29) is 11.9 Å². The van der Waals surface area contributed by atoms with Gasteiger partial charge in [-0.05, 0) is 54.5 Å². The van der Waals surface area contributed by atoms with Crippen LogP contribution in [-0.2, 0) is 24.1 Å². The van der Waals surface area contributed by atoms with E-state index in [0.29, 0.717) is 5.56 Å².